The fraction of sp³-hybridized carbons (Fsp3) is 0.292. The summed E-state index contributed by atoms with van der Waals surface area (Å²) in [6.45, 7) is 1.96. The molecule has 2 aromatic carbocycles. The largest absolute Gasteiger partial charge is 0.364 e. The van der Waals surface area contributed by atoms with Crippen molar-refractivity contribution in [2.75, 3.05) is 0 Å². The third kappa shape index (κ3) is 2.33. The Hall–Kier alpha value is -2.92. The minimum absolute atomic E-state index is 0.265. The van der Waals surface area contributed by atoms with Crippen molar-refractivity contribution in [1.82, 2.24) is 9.55 Å². The molecule has 1 atom stereocenters. The third-order valence-electron chi connectivity index (χ3n) is 7.05. The number of hydrogen-bond donors (Lipinski definition) is 1. The van der Waals surface area contributed by atoms with Crippen molar-refractivity contribution in [1.29, 1.82) is 0 Å². The lowest BCUT2D eigenvalue weighted by atomic mass is 9.42. The van der Waals surface area contributed by atoms with Gasteiger partial charge < -0.3 is 5.73 Å². The van der Waals surface area contributed by atoms with Crippen molar-refractivity contribution in [3.8, 4) is 5.69 Å². The summed E-state index contributed by atoms with van der Waals surface area (Å²) in [6.07, 6.45) is 5.52. The van der Waals surface area contributed by atoms with E-state index < -0.39 is 5.91 Å². The van der Waals surface area contributed by atoms with E-state index >= 15 is 0 Å². The highest BCUT2D eigenvalue weighted by molar-refractivity contribution is 6.35. The van der Waals surface area contributed by atoms with E-state index in [-0.39, 0.29) is 11.7 Å². The number of hydrogen-bond acceptors (Lipinski definition) is 3. The molecule has 1 amide bonds. The first-order valence-corrected chi connectivity index (χ1v) is 10.7. The molecule has 5 nitrogen and oxygen atoms in total. The second-order valence-corrected chi connectivity index (χ2v) is 9.24. The van der Waals surface area contributed by atoms with Gasteiger partial charge in [-0.3, -0.25) is 14.4 Å². The van der Waals surface area contributed by atoms with E-state index in [9.17, 15) is 4.79 Å². The Morgan fingerprint density at radius 1 is 1.17 bits per heavy atom. The molecule has 4 aliphatic rings. The molecular formula is C24H21ClN4O. The SMILES string of the molecule is C[C@H]1N=C(c2ccccc2Cl)c2cc(C34CC(C3)C4)ccc2-n2cnc(C(N)=O)c21. The third-order valence-corrected chi connectivity index (χ3v) is 7.38. The lowest BCUT2D eigenvalue weighted by Crippen LogP contribution is -2.55. The van der Waals surface area contributed by atoms with Crippen molar-refractivity contribution in [2.24, 2.45) is 16.6 Å². The molecular weight excluding hydrogens is 396 g/mol. The summed E-state index contributed by atoms with van der Waals surface area (Å²) >= 11 is 6.59. The van der Waals surface area contributed by atoms with Crippen LogP contribution in [0.25, 0.3) is 5.69 Å². The Morgan fingerprint density at radius 3 is 2.60 bits per heavy atom. The van der Waals surface area contributed by atoms with Crippen molar-refractivity contribution < 1.29 is 4.79 Å². The van der Waals surface area contributed by atoms with Crippen LogP contribution in [0.1, 0.15) is 65.1 Å². The van der Waals surface area contributed by atoms with Gasteiger partial charge >= 0.3 is 0 Å². The van der Waals surface area contributed by atoms with Crippen molar-refractivity contribution in [2.45, 2.75) is 37.6 Å². The molecule has 1 aromatic heterocycles. The van der Waals surface area contributed by atoms with Gasteiger partial charge in [0.25, 0.3) is 5.91 Å². The smallest absolute Gasteiger partial charge is 0.269 e. The summed E-state index contributed by atoms with van der Waals surface area (Å²) < 4.78 is 1.96. The number of fused-ring (bicyclic) bond motifs is 3. The highest BCUT2D eigenvalue weighted by atomic mass is 35.5. The molecule has 2 bridgehead atoms. The summed E-state index contributed by atoms with van der Waals surface area (Å²) in [7, 11) is 0. The molecule has 30 heavy (non-hydrogen) atoms. The summed E-state index contributed by atoms with van der Waals surface area (Å²) in [5, 5.41) is 0.658. The van der Waals surface area contributed by atoms with Crippen LogP contribution < -0.4 is 5.73 Å². The van der Waals surface area contributed by atoms with Crippen LogP contribution in [0, 0.1) is 5.92 Å². The first-order valence-electron chi connectivity index (χ1n) is 10.3. The fourth-order valence-corrected chi connectivity index (χ4v) is 5.65. The quantitative estimate of drug-likeness (QED) is 0.678. The predicted molar refractivity (Wildman–Crippen MR) is 117 cm³/mol. The number of carbonyl (C=O) groups is 1. The first kappa shape index (κ1) is 17.9. The monoisotopic (exact) mass is 416 g/mol. The Balaban J connectivity index is 1.63. The molecule has 6 heteroatoms. The molecule has 0 saturated heterocycles. The van der Waals surface area contributed by atoms with Crippen LogP contribution in [-0.4, -0.2) is 21.2 Å². The second-order valence-electron chi connectivity index (χ2n) is 8.84. The van der Waals surface area contributed by atoms with E-state index in [0.29, 0.717) is 16.1 Å². The Kier molecular flexibility index (Phi) is 3.61. The number of aromatic nitrogens is 2. The summed E-state index contributed by atoms with van der Waals surface area (Å²) in [5.41, 5.74) is 12.0. The average Bonchev–Trinajstić information content (AvgIpc) is 3.05. The van der Waals surface area contributed by atoms with E-state index in [2.05, 4.69) is 23.2 Å². The molecule has 3 saturated carbocycles. The molecule has 2 N–H and O–H groups in total. The van der Waals surface area contributed by atoms with Gasteiger partial charge in [0.1, 0.15) is 6.33 Å². The van der Waals surface area contributed by atoms with E-state index in [0.717, 1.165) is 28.4 Å². The standard InChI is InChI=1S/C24H21ClN4O/c1-13-22-21(23(26)30)27-12-29(22)19-7-6-15(24-9-14(10-24)11-24)8-17(19)20(28-13)16-4-2-3-5-18(16)25/h2-8,12-14H,9-11H2,1H3,(H2,26,30)/t13-,14?,24?/m1/s1. The van der Waals surface area contributed by atoms with Crippen LogP contribution in [0.4, 0.5) is 0 Å². The van der Waals surface area contributed by atoms with Gasteiger partial charge in [-0.05, 0) is 61.3 Å². The number of nitrogens with zero attached hydrogens (tertiary/aromatic N) is 3. The second kappa shape index (κ2) is 6.05. The summed E-state index contributed by atoms with van der Waals surface area (Å²) in [5.74, 6) is 0.359. The molecule has 0 spiro atoms. The minimum atomic E-state index is -0.543. The Morgan fingerprint density at radius 2 is 1.93 bits per heavy atom. The summed E-state index contributed by atoms with van der Waals surface area (Å²) in [4.78, 5) is 21.4. The zero-order chi connectivity index (χ0) is 20.6. The van der Waals surface area contributed by atoms with Crippen LogP contribution in [-0.2, 0) is 5.41 Å². The molecule has 150 valence electrons. The van der Waals surface area contributed by atoms with E-state index in [4.69, 9.17) is 22.3 Å². The highest BCUT2D eigenvalue weighted by Crippen LogP contribution is 2.65. The van der Waals surface area contributed by atoms with Crippen molar-refractivity contribution in [3.05, 3.63) is 81.9 Å². The number of primary amides is 1. The topological polar surface area (TPSA) is 73.3 Å². The van der Waals surface area contributed by atoms with Crippen LogP contribution in [0.3, 0.4) is 0 Å². The van der Waals surface area contributed by atoms with Gasteiger partial charge in [-0.25, -0.2) is 4.98 Å². The lowest BCUT2D eigenvalue weighted by molar-refractivity contribution is -0.0274. The van der Waals surface area contributed by atoms with Gasteiger partial charge in [-0.2, -0.15) is 0 Å². The molecule has 0 radical (unpaired) electrons. The number of rotatable bonds is 3. The van der Waals surface area contributed by atoms with Crippen LogP contribution in [0.2, 0.25) is 5.02 Å². The molecule has 2 heterocycles. The number of aliphatic imine (C=N–C) groups is 1. The lowest BCUT2D eigenvalue weighted by Gasteiger charge is -2.62. The maximum Gasteiger partial charge on any atom is 0.269 e. The highest BCUT2D eigenvalue weighted by Gasteiger charge is 2.57. The van der Waals surface area contributed by atoms with E-state index in [1.54, 1.807) is 6.33 Å². The zero-order valence-corrected chi connectivity index (χ0v) is 17.4. The van der Waals surface area contributed by atoms with Gasteiger partial charge in [0.05, 0.1) is 23.1 Å². The minimum Gasteiger partial charge on any atom is -0.364 e. The van der Waals surface area contributed by atoms with E-state index in [1.807, 2.05) is 35.8 Å². The maximum absolute atomic E-state index is 12.0. The fourth-order valence-electron chi connectivity index (χ4n) is 5.43. The maximum atomic E-state index is 12.0. The number of imidazole rings is 1. The number of carbonyl (C=O) groups excluding carboxylic acids is 1. The molecule has 3 aromatic rings. The number of nitrogens with two attached hydrogens (primary N) is 1. The summed E-state index contributed by atoms with van der Waals surface area (Å²) in [6, 6.07) is 14.1. The van der Waals surface area contributed by atoms with Gasteiger partial charge in [0.15, 0.2) is 5.69 Å². The van der Waals surface area contributed by atoms with Gasteiger partial charge in [0.2, 0.25) is 0 Å². The first-order chi connectivity index (χ1) is 14.5. The van der Waals surface area contributed by atoms with E-state index in [1.165, 1.54) is 24.8 Å². The van der Waals surface area contributed by atoms with Gasteiger partial charge in [0, 0.05) is 16.1 Å². The molecule has 7 rings (SSSR count). The Bertz CT molecular complexity index is 1240. The normalized spacial score (nSPS) is 25.9. The number of amides is 1. The number of halogens is 1. The van der Waals surface area contributed by atoms with Crippen LogP contribution in [0.15, 0.2) is 53.8 Å². The Labute approximate surface area is 179 Å². The van der Waals surface area contributed by atoms with Crippen molar-refractivity contribution >= 4 is 23.2 Å². The number of benzene rings is 2. The zero-order valence-electron chi connectivity index (χ0n) is 16.6. The van der Waals surface area contributed by atoms with Gasteiger partial charge in [-0.15, -0.1) is 0 Å². The molecule has 1 aliphatic heterocycles. The van der Waals surface area contributed by atoms with Crippen LogP contribution in [0.5, 0.6) is 0 Å². The van der Waals surface area contributed by atoms with Gasteiger partial charge in [-0.1, -0.05) is 35.9 Å². The molecule has 0 unspecified atom stereocenters. The average molecular weight is 417 g/mol. The molecule has 3 aliphatic carbocycles. The van der Waals surface area contributed by atoms with Crippen LogP contribution >= 0.6 is 11.6 Å². The predicted octanol–water partition coefficient (Wildman–Crippen LogP) is 4.59. The molecule has 3 fully saturated rings. The van der Waals surface area contributed by atoms with Crippen molar-refractivity contribution in [3.63, 3.8) is 0 Å².